The summed E-state index contributed by atoms with van der Waals surface area (Å²) in [4.78, 5) is 2.34. The first-order valence-electron chi connectivity index (χ1n) is 7.14. The zero-order chi connectivity index (χ0) is 14.4. The van der Waals surface area contributed by atoms with Gasteiger partial charge in [0.15, 0.2) is 0 Å². The van der Waals surface area contributed by atoms with Crippen LogP contribution in [0.5, 0.6) is 5.75 Å². The topological polar surface area (TPSA) is 68.0 Å². The average Bonchev–Trinajstić information content (AvgIpc) is 2.47. The molecule has 2 atom stereocenters. The van der Waals surface area contributed by atoms with Gasteiger partial charge in [0, 0.05) is 24.8 Å². The van der Waals surface area contributed by atoms with Crippen molar-refractivity contribution in [2.24, 2.45) is 0 Å². The lowest BCUT2D eigenvalue weighted by molar-refractivity contribution is -0.0784. The lowest BCUT2D eigenvalue weighted by Crippen LogP contribution is -2.49. The number of aliphatic hydroxyl groups is 1. The van der Waals surface area contributed by atoms with Crippen molar-refractivity contribution in [2.75, 3.05) is 38.6 Å². The molecule has 2 rings (SSSR count). The monoisotopic (exact) mass is 280 g/mol. The van der Waals surface area contributed by atoms with E-state index in [0.29, 0.717) is 19.3 Å². The van der Waals surface area contributed by atoms with Crippen molar-refractivity contribution in [2.45, 2.75) is 25.5 Å². The van der Waals surface area contributed by atoms with Gasteiger partial charge in [-0.05, 0) is 37.6 Å². The van der Waals surface area contributed by atoms with Crippen molar-refractivity contribution in [1.82, 2.24) is 4.90 Å². The second kappa shape index (κ2) is 7.47. The minimum absolute atomic E-state index is 0.0517. The summed E-state index contributed by atoms with van der Waals surface area (Å²) in [6.45, 7) is 5.34. The van der Waals surface area contributed by atoms with Crippen LogP contribution < -0.4 is 10.5 Å². The van der Waals surface area contributed by atoms with E-state index in [1.807, 2.05) is 24.3 Å². The van der Waals surface area contributed by atoms with Crippen LogP contribution >= 0.6 is 0 Å². The lowest BCUT2D eigenvalue weighted by atomic mass is 10.2. The van der Waals surface area contributed by atoms with Gasteiger partial charge in [0.2, 0.25) is 0 Å². The third-order valence-corrected chi connectivity index (χ3v) is 3.58. The number of hydrogen-bond donors (Lipinski definition) is 2. The summed E-state index contributed by atoms with van der Waals surface area (Å²) in [5, 5.41) is 9.15. The summed E-state index contributed by atoms with van der Waals surface area (Å²) in [6.07, 6.45) is 0.900. The van der Waals surface area contributed by atoms with E-state index in [-0.39, 0.29) is 12.7 Å². The molecule has 1 fully saturated rings. The third kappa shape index (κ3) is 4.37. The Morgan fingerprint density at radius 1 is 1.40 bits per heavy atom. The summed E-state index contributed by atoms with van der Waals surface area (Å²) in [5.74, 6) is 0.850. The molecule has 0 aromatic heterocycles. The van der Waals surface area contributed by atoms with Gasteiger partial charge in [-0.2, -0.15) is 0 Å². The Kier molecular flexibility index (Phi) is 5.64. The van der Waals surface area contributed by atoms with Crippen LogP contribution in [-0.2, 0) is 4.74 Å². The minimum Gasteiger partial charge on any atom is -0.494 e. The summed E-state index contributed by atoms with van der Waals surface area (Å²) >= 11 is 0. The number of anilines is 1. The van der Waals surface area contributed by atoms with Crippen LogP contribution in [0.3, 0.4) is 0 Å². The molecule has 3 N–H and O–H groups in total. The van der Waals surface area contributed by atoms with Crippen molar-refractivity contribution in [1.29, 1.82) is 0 Å². The predicted octanol–water partition coefficient (Wildman–Crippen LogP) is 1.12. The van der Waals surface area contributed by atoms with Gasteiger partial charge in [-0.3, -0.25) is 4.90 Å². The Morgan fingerprint density at radius 2 is 2.15 bits per heavy atom. The van der Waals surface area contributed by atoms with E-state index in [1.165, 1.54) is 0 Å². The molecule has 1 aliphatic rings. The zero-order valence-corrected chi connectivity index (χ0v) is 12.0. The van der Waals surface area contributed by atoms with Gasteiger partial charge in [-0.1, -0.05) is 0 Å². The Hall–Kier alpha value is -1.30. The zero-order valence-electron chi connectivity index (χ0n) is 12.0. The number of nitrogens with zero attached hydrogens (tertiary/aromatic N) is 1. The van der Waals surface area contributed by atoms with E-state index in [1.54, 1.807) is 0 Å². The Labute approximate surface area is 120 Å². The lowest BCUT2D eigenvalue weighted by Gasteiger charge is -2.37. The standard InChI is InChI=1S/C15H24N2O3/c1-12-11-20-15(10-18)9-17(12)7-2-8-19-14-5-3-13(16)4-6-14/h3-6,12,15,18H,2,7-11,16H2,1H3. The molecule has 112 valence electrons. The van der Waals surface area contributed by atoms with E-state index < -0.39 is 0 Å². The number of rotatable bonds is 6. The van der Waals surface area contributed by atoms with Gasteiger partial charge in [-0.15, -0.1) is 0 Å². The fourth-order valence-electron chi connectivity index (χ4n) is 2.32. The number of benzene rings is 1. The molecule has 1 aromatic rings. The SMILES string of the molecule is CC1COC(CO)CN1CCCOc1ccc(N)cc1. The molecule has 0 radical (unpaired) electrons. The first-order chi connectivity index (χ1) is 9.69. The second-order valence-corrected chi connectivity index (χ2v) is 5.25. The van der Waals surface area contributed by atoms with Crippen molar-refractivity contribution in [3.05, 3.63) is 24.3 Å². The molecule has 1 aliphatic heterocycles. The van der Waals surface area contributed by atoms with Crippen LogP contribution in [0, 0.1) is 0 Å². The molecule has 2 unspecified atom stereocenters. The molecule has 0 aliphatic carbocycles. The number of nitrogens with two attached hydrogens (primary N) is 1. The van der Waals surface area contributed by atoms with Gasteiger partial charge in [0.05, 0.1) is 25.9 Å². The third-order valence-electron chi connectivity index (χ3n) is 3.58. The molecule has 1 saturated heterocycles. The maximum atomic E-state index is 9.15. The minimum atomic E-state index is -0.0517. The molecule has 5 heteroatoms. The molecule has 0 saturated carbocycles. The molecular formula is C15H24N2O3. The molecule has 1 aromatic carbocycles. The van der Waals surface area contributed by atoms with Crippen molar-refractivity contribution < 1.29 is 14.6 Å². The average molecular weight is 280 g/mol. The Balaban J connectivity index is 1.68. The fraction of sp³-hybridized carbons (Fsp3) is 0.600. The number of ether oxygens (including phenoxy) is 2. The van der Waals surface area contributed by atoms with Gasteiger partial charge in [0.1, 0.15) is 5.75 Å². The van der Waals surface area contributed by atoms with E-state index in [2.05, 4.69) is 11.8 Å². The Bertz CT molecular complexity index is 397. The highest BCUT2D eigenvalue weighted by Gasteiger charge is 2.24. The summed E-state index contributed by atoms with van der Waals surface area (Å²) < 4.78 is 11.2. The van der Waals surface area contributed by atoms with E-state index >= 15 is 0 Å². The van der Waals surface area contributed by atoms with Crippen molar-refractivity contribution in [3.8, 4) is 5.75 Å². The van der Waals surface area contributed by atoms with Crippen LogP contribution in [0.1, 0.15) is 13.3 Å². The first-order valence-corrected chi connectivity index (χ1v) is 7.14. The first kappa shape index (κ1) is 15.1. The highest BCUT2D eigenvalue weighted by atomic mass is 16.5. The summed E-state index contributed by atoms with van der Waals surface area (Å²) in [5.41, 5.74) is 6.37. The van der Waals surface area contributed by atoms with Crippen LogP contribution in [0.25, 0.3) is 0 Å². The number of morpholine rings is 1. The highest BCUT2D eigenvalue weighted by Crippen LogP contribution is 2.14. The normalized spacial score (nSPS) is 23.7. The largest absolute Gasteiger partial charge is 0.494 e. The van der Waals surface area contributed by atoms with E-state index in [0.717, 1.165) is 30.9 Å². The van der Waals surface area contributed by atoms with Crippen LogP contribution in [-0.4, -0.2) is 55.1 Å². The number of hydrogen-bond acceptors (Lipinski definition) is 5. The molecule has 0 amide bonds. The number of aliphatic hydroxyl groups excluding tert-OH is 1. The van der Waals surface area contributed by atoms with E-state index in [4.69, 9.17) is 20.3 Å². The predicted molar refractivity (Wildman–Crippen MR) is 78.8 cm³/mol. The second-order valence-electron chi connectivity index (χ2n) is 5.25. The molecule has 1 heterocycles. The smallest absolute Gasteiger partial charge is 0.119 e. The molecule has 0 spiro atoms. The van der Waals surface area contributed by atoms with Crippen molar-refractivity contribution in [3.63, 3.8) is 0 Å². The number of nitrogen functional groups attached to an aromatic ring is 1. The maximum Gasteiger partial charge on any atom is 0.119 e. The molecular weight excluding hydrogens is 256 g/mol. The molecule has 20 heavy (non-hydrogen) atoms. The van der Waals surface area contributed by atoms with Crippen LogP contribution in [0.2, 0.25) is 0 Å². The van der Waals surface area contributed by atoms with Crippen molar-refractivity contribution >= 4 is 5.69 Å². The van der Waals surface area contributed by atoms with Gasteiger partial charge in [-0.25, -0.2) is 0 Å². The van der Waals surface area contributed by atoms with Crippen LogP contribution in [0.4, 0.5) is 5.69 Å². The quantitative estimate of drug-likeness (QED) is 0.604. The Morgan fingerprint density at radius 3 is 2.85 bits per heavy atom. The maximum absolute atomic E-state index is 9.15. The summed E-state index contributed by atoms with van der Waals surface area (Å²) in [7, 11) is 0. The summed E-state index contributed by atoms with van der Waals surface area (Å²) in [6, 6.07) is 7.84. The van der Waals surface area contributed by atoms with Gasteiger partial charge in [0.25, 0.3) is 0 Å². The highest BCUT2D eigenvalue weighted by molar-refractivity contribution is 5.41. The fourth-order valence-corrected chi connectivity index (χ4v) is 2.32. The van der Waals surface area contributed by atoms with Crippen LogP contribution in [0.15, 0.2) is 24.3 Å². The molecule has 5 nitrogen and oxygen atoms in total. The van der Waals surface area contributed by atoms with E-state index in [9.17, 15) is 0 Å². The van der Waals surface area contributed by atoms with Gasteiger partial charge >= 0.3 is 0 Å². The van der Waals surface area contributed by atoms with Gasteiger partial charge < -0.3 is 20.3 Å². The molecule has 0 bridgehead atoms.